The molecule has 0 saturated carbocycles. The summed E-state index contributed by atoms with van der Waals surface area (Å²) >= 11 is 0. The van der Waals surface area contributed by atoms with Crippen LogP contribution in [0.4, 0.5) is 0 Å². The van der Waals surface area contributed by atoms with Crippen molar-refractivity contribution in [2.45, 2.75) is 57.3 Å². The van der Waals surface area contributed by atoms with E-state index in [-0.39, 0.29) is 11.8 Å². The number of amides is 1. The van der Waals surface area contributed by atoms with Crippen molar-refractivity contribution in [2.75, 3.05) is 32.7 Å². The third kappa shape index (κ3) is 5.99. The van der Waals surface area contributed by atoms with Gasteiger partial charge >= 0.3 is 0 Å². The summed E-state index contributed by atoms with van der Waals surface area (Å²) in [6.45, 7) is 7.47. The molecule has 1 aliphatic heterocycles. The van der Waals surface area contributed by atoms with Crippen molar-refractivity contribution in [3.05, 3.63) is 71.8 Å². The number of primary amides is 1. The van der Waals surface area contributed by atoms with Gasteiger partial charge in [0, 0.05) is 6.54 Å². The fourth-order valence-corrected chi connectivity index (χ4v) is 5.38. The first-order valence-electron chi connectivity index (χ1n) is 12.5. The largest absolute Gasteiger partial charge is 0.369 e. The van der Waals surface area contributed by atoms with Gasteiger partial charge in [-0.15, -0.1) is 0 Å². The number of carbonyl (C=O) groups is 1. The van der Waals surface area contributed by atoms with Crippen molar-refractivity contribution >= 4 is 5.91 Å². The van der Waals surface area contributed by atoms with E-state index < -0.39 is 5.41 Å². The number of rotatable bonds is 14. The van der Waals surface area contributed by atoms with E-state index in [0.717, 1.165) is 50.3 Å². The molecule has 0 aliphatic carbocycles. The van der Waals surface area contributed by atoms with E-state index in [2.05, 4.69) is 41.4 Å². The summed E-state index contributed by atoms with van der Waals surface area (Å²) in [6.07, 6.45) is 8.80. The van der Waals surface area contributed by atoms with E-state index >= 15 is 0 Å². The highest BCUT2D eigenvalue weighted by molar-refractivity contribution is 5.91. The SMILES string of the molecule is CCNCCCCCCCCN1CCC(C(C(N)=O)(c2ccccc2)c2ccccc2)C1. The molecule has 1 amide bonds. The van der Waals surface area contributed by atoms with Crippen LogP contribution in [0.2, 0.25) is 0 Å². The van der Waals surface area contributed by atoms with Crippen LogP contribution in [-0.4, -0.2) is 43.5 Å². The first-order chi connectivity index (χ1) is 15.7. The third-order valence-electron chi connectivity index (χ3n) is 7.06. The monoisotopic (exact) mass is 435 g/mol. The van der Waals surface area contributed by atoms with E-state index in [4.69, 9.17) is 5.73 Å². The van der Waals surface area contributed by atoms with Gasteiger partial charge in [-0.1, -0.05) is 93.3 Å². The summed E-state index contributed by atoms with van der Waals surface area (Å²) in [5.74, 6) is -0.0461. The second-order valence-electron chi connectivity index (χ2n) is 9.17. The Bertz CT molecular complexity index is 753. The van der Waals surface area contributed by atoms with Crippen LogP contribution in [0.3, 0.4) is 0 Å². The Labute approximate surface area is 194 Å². The molecule has 1 heterocycles. The van der Waals surface area contributed by atoms with Crippen molar-refractivity contribution in [1.82, 2.24) is 10.2 Å². The molecule has 1 aliphatic rings. The minimum Gasteiger partial charge on any atom is -0.369 e. The molecule has 1 saturated heterocycles. The van der Waals surface area contributed by atoms with Crippen molar-refractivity contribution < 1.29 is 4.79 Å². The zero-order valence-electron chi connectivity index (χ0n) is 19.8. The van der Waals surface area contributed by atoms with E-state index in [1.165, 1.54) is 38.5 Å². The molecule has 4 heteroatoms. The Morgan fingerprint density at radius 2 is 1.50 bits per heavy atom. The van der Waals surface area contributed by atoms with E-state index in [0.29, 0.717) is 0 Å². The number of hydrogen-bond acceptors (Lipinski definition) is 3. The lowest BCUT2D eigenvalue weighted by atomic mass is 9.64. The summed E-state index contributed by atoms with van der Waals surface area (Å²) in [5.41, 5.74) is 7.46. The zero-order chi connectivity index (χ0) is 22.7. The maximum absolute atomic E-state index is 13.1. The fraction of sp³-hybridized carbons (Fsp3) is 0.536. The topological polar surface area (TPSA) is 58.4 Å². The van der Waals surface area contributed by atoms with Crippen molar-refractivity contribution in [3.63, 3.8) is 0 Å². The maximum atomic E-state index is 13.1. The molecule has 174 valence electrons. The quantitative estimate of drug-likeness (QED) is 0.422. The molecule has 32 heavy (non-hydrogen) atoms. The molecule has 2 aromatic rings. The van der Waals surface area contributed by atoms with Gasteiger partial charge < -0.3 is 16.0 Å². The van der Waals surface area contributed by atoms with Crippen LogP contribution in [-0.2, 0) is 10.2 Å². The molecule has 3 rings (SSSR count). The Balaban J connectivity index is 1.59. The van der Waals surface area contributed by atoms with Crippen LogP contribution in [0.25, 0.3) is 0 Å². The van der Waals surface area contributed by atoms with Gasteiger partial charge in [0.15, 0.2) is 0 Å². The highest BCUT2D eigenvalue weighted by Crippen LogP contribution is 2.43. The van der Waals surface area contributed by atoms with E-state index in [9.17, 15) is 4.79 Å². The minimum atomic E-state index is -0.774. The van der Waals surface area contributed by atoms with Gasteiger partial charge in [0.2, 0.25) is 5.91 Å². The van der Waals surface area contributed by atoms with Crippen LogP contribution in [0.5, 0.6) is 0 Å². The van der Waals surface area contributed by atoms with Gasteiger partial charge in [0.1, 0.15) is 5.41 Å². The van der Waals surface area contributed by atoms with Gasteiger partial charge in [0.05, 0.1) is 0 Å². The molecular weight excluding hydrogens is 394 g/mol. The van der Waals surface area contributed by atoms with Crippen LogP contribution >= 0.6 is 0 Å². The van der Waals surface area contributed by atoms with Crippen molar-refractivity contribution in [1.29, 1.82) is 0 Å². The Morgan fingerprint density at radius 3 is 2.06 bits per heavy atom. The number of likely N-dealkylation sites (tertiary alicyclic amines) is 1. The molecule has 3 N–H and O–H groups in total. The molecule has 0 radical (unpaired) electrons. The predicted octanol–water partition coefficient (Wildman–Crippen LogP) is 4.73. The lowest BCUT2D eigenvalue weighted by Crippen LogP contribution is -2.49. The highest BCUT2D eigenvalue weighted by Gasteiger charge is 2.49. The molecule has 1 unspecified atom stereocenters. The zero-order valence-corrected chi connectivity index (χ0v) is 19.8. The summed E-state index contributed by atoms with van der Waals surface area (Å²) in [7, 11) is 0. The van der Waals surface area contributed by atoms with Crippen LogP contribution in [0.1, 0.15) is 63.0 Å². The molecule has 1 atom stereocenters. The lowest BCUT2D eigenvalue weighted by Gasteiger charge is -2.37. The van der Waals surface area contributed by atoms with Crippen molar-refractivity contribution in [3.8, 4) is 0 Å². The second-order valence-corrected chi connectivity index (χ2v) is 9.17. The number of nitrogens with two attached hydrogens (primary N) is 1. The molecular formula is C28H41N3O. The average molecular weight is 436 g/mol. The Morgan fingerprint density at radius 1 is 0.938 bits per heavy atom. The van der Waals surface area contributed by atoms with Gasteiger partial charge in [-0.25, -0.2) is 0 Å². The average Bonchev–Trinajstić information content (AvgIpc) is 3.29. The molecule has 1 fully saturated rings. The first-order valence-corrected chi connectivity index (χ1v) is 12.5. The number of benzene rings is 2. The van der Waals surface area contributed by atoms with Gasteiger partial charge in [-0.2, -0.15) is 0 Å². The summed E-state index contributed by atoms with van der Waals surface area (Å²) in [6, 6.07) is 20.3. The number of nitrogens with one attached hydrogen (secondary N) is 1. The number of hydrogen-bond donors (Lipinski definition) is 2. The molecule has 0 spiro atoms. The van der Waals surface area contributed by atoms with Crippen LogP contribution in [0.15, 0.2) is 60.7 Å². The maximum Gasteiger partial charge on any atom is 0.232 e. The molecule has 4 nitrogen and oxygen atoms in total. The van der Waals surface area contributed by atoms with Gasteiger partial charge in [-0.05, 0) is 62.5 Å². The minimum absolute atomic E-state index is 0.191. The van der Waals surface area contributed by atoms with E-state index in [1.54, 1.807) is 0 Å². The molecule has 0 aromatic heterocycles. The standard InChI is InChI=1S/C28H41N3O/c1-2-30-20-13-5-3-4-6-14-21-31-22-19-26(23-31)28(27(29)32,24-15-9-7-10-16-24)25-17-11-8-12-18-25/h7-12,15-18,26,30H,2-6,13-14,19-23H2,1H3,(H2,29,32). The van der Waals surface area contributed by atoms with Crippen LogP contribution in [0, 0.1) is 5.92 Å². The number of nitrogens with zero attached hydrogens (tertiary/aromatic N) is 1. The van der Waals surface area contributed by atoms with Crippen LogP contribution < -0.4 is 11.1 Å². The van der Waals surface area contributed by atoms with E-state index in [1.807, 2.05) is 36.4 Å². The van der Waals surface area contributed by atoms with Crippen molar-refractivity contribution in [2.24, 2.45) is 11.7 Å². The number of unbranched alkanes of at least 4 members (excludes halogenated alkanes) is 5. The van der Waals surface area contributed by atoms with Gasteiger partial charge in [0.25, 0.3) is 0 Å². The fourth-order valence-electron chi connectivity index (χ4n) is 5.38. The predicted molar refractivity (Wildman–Crippen MR) is 134 cm³/mol. The summed E-state index contributed by atoms with van der Waals surface area (Å²) < 4.78 is 0. The summed E-state index contributed by atoms with van der Waals surface area (Å²) in [5, 5.41) is 3.40. The Hall–Kier alpha value is -2.17. The Kier molecular flexibility index (Phi) is 9.76. The normalized spacial score (nSPS) is 17.0. The third-order valence-corrected chi connectivity index (χ3v) is 7.06. The molecule has 0 bridgehead atoms. The smallest absolute Gasteiger partial charge is 0.232 e. The lowest BCUT2D eigenvalue weighted by molar-refractivity contribution is -0.123. The molecule has 2 aromatic carbocycles. The second kappa shape index (κ2) is 12.8. The number of carbonyl (C=O) groups excluding carboxylic acids is 1. The first kappa shape index (κ1) is 24.5. The highest BCUT2D eigenvalue weighted by atomic mass is 16.1. The summed E-state index contributed by atoms with van der Waals surface area (Å²) in [4.78, 5) is 15.7. The van der Waals surface area contributed by atoms with Gasteiger partial charge in [-0.3, -0.25) is 4.79 Å².